The van der Waals surface area contributed by atoms with Gasteiger partial charge < -0.3 is 20.4 Å². The quantitative estimate of drug-likeness (QED) is 0.359. The smallest absolute Gasteiger partial charge is 0.325 e. The van der Waals surface area contributed by atoms with Gasteiger partial charge in [0.1, 0.15) is 24.3 Å². The van der Waals surface area contributed by atoms with Crippen molar-refractivity contribution in [1.29, 1.82) is 0 Å². The van der Waals surface area contributed by atoms with Gasteiger partial charge >= 0.3 is 5.97 Å². The zero-order valence-electron chi connectivity index (χ0n) is 17.6. The van der Waals surface area contributed by atoms with Crippen LogP contribution in [0.1, 0.15) is 25.5 Å². The highest BCUT2D eigenvalue weighted by Gasteiger charge is 2.12. The normalized spacial score (nSPS) is 11.8. The Morgan fingerprint density at radius 2 is 1.87 bits per heavy atom. The molecular weight excluding hydrogens is 390 g/mol. The number of benzene rings is 2. The maximum Gasteiger partial charge on any atom is 0.325 e. The lowest BCUT2D eigenvalue weighted by atomic mass is 10.1. The van der Waals surface area contributed by atoms with Crippen LogP contribution in [0.4, 0.5) is 11.5 Å². The van der Waals surface area contributed by atoms with E-state index >= 15 is 0 Å². The van der Waals surface area contributed by atoms with Crippen LogP contribution in [0, 0.1) is 0 Å². The van der Waals surface area contributed by atoms with Gasteiger partial charge in [0.15, 0.2) is 0 Å². The third-order valence-electron chi connectivity index (χ3n) is 5.02. The van der Waals surface area contributed by atoms with Gasteiger partial charge in [-0.05, 0) is 43.2 Å². The Balaban J connectivity index is 1.52. The van der Waals surface area contributed by atoms with Gasteiger partial charge in [0, 0.05) is 17.4 Å². The summed E-state index contributed by atoms with van der Waals surface area (Å²) >= 11 is 0. The molecule has 0 saturated heterocycles. The minimum Gasteiger partial charge on any atom is -0.465 e. The van der Waals surface area contributed by atoms with Crippen molar-refractivity contribution in [1.82, 2.24) is 15.0 Å². The van der Waals surface area contributed by atoms with E-state index in [4.69, 9.17) is 4.74 Å². The molecule has 0 aliphatic rings. The Labute approximate surface area is 180 Å². The predicted molar refractivity (Wildman–Crippen MR) is 123 cm³/mol. The van der Waals surface area contributed by atoms with E-state index in [-0.39, 0.29) is 18.6 Å². The maximum absolute atomic E-state index is 11.5. The molecule has 0 fully saturated rings. The molecule has 2 aromatic heterocycles. The number of aromatic amines is 1. The number of anilines is 2. The molecule has 0 amide bonds. The molecule has 158 valence electrons. The molecule has 7 nitrogen and oxygen atoms in total. The number of ether oxygens (including phenoxy) is 1. The number of aromatic nitrogens is 3. The first-order valence-corrected chi connectivity index (χ1v) is 10.3. The number of fused-ring (bicyclic) bond motifs is 1. The van der Waals surface area contributed by atoms with Crippen molar-refractivity contribution in [3.8, 4) is 11.3 Å². The van der Waals surface area contributed by atoms with Crippen molar-refractivity contribution >= 4 is 28.5 Å². The van der Waals surface area contributed by atoms with Gasteiger partial charge in [0.25, 0.3) is 0 Å². The molecule has 1 atom stereocenters. The molecule has 0 unspecified atom stereocenters. The standard InChI is InChI=1S/C24H25N5O2/c1-3-31-22(30)14-25-19-11-9-18(10-12-19)21-13-20-23(26-15-27-24(20)29-21)28-16(2)17-7-5-4-6-8-17/h4-13,15-16,25H,3,14H2,1-2H3,(H2,26,27,28,29)/t16-/m1/s1. The predicted octanol–water partition coefficient (Wildman–Crippen LogP) is 4.77. The lowest BCUT2D eigenvalue weighted by Gasteiger charge is -2.15. The third-order valence-corrected chi connectivity index (χ3v) is 5.02. The van der Waals surface area contributed by atoms with E-state index in [9.17, 15) is 4.79 Å². The molecule has 4 rings (SSSR count). The Morgan fingerprint density at radius 3 is 2.61 bits per heavy atom. The summed E-state index contributed by atoms with van der Waals surface area (Å²) in [6.45, 7) is 4.42. The van der Waals surface area contributed by atoms with Gasteiger partial charge in [-0.3, -0.25) is 4.79 Å². The highest BCUT2D eigenvalue weighted by Crippen LogP contribution is 2.29. The summed E-state index contributed by atoms with van der Waals surface area (Å²) in [5, 5.41) is 7.49. The molecule has 7 heteroatoms. The highest BCUT2D eigenvalue weighted by molar-refractivity contribution is 5.91. The number of esters is 1. The van der Waals surface area contributed by atoms with Crippen molar-refractivity contribution in [2.45, 2.75) is 19.9 Å². The monoisotopic (exact) mass is 415 g/mol. The summed E-state index contributed by atoms with van der Waals surface area (Å²) in [5.74, 6) is 0.516. The SMILES string of the molecule is CCOC(=O)CNc1ccc(-c2cc3c(N[C@H](C)c4ccccc4)ncnc3[nH]2)cc1. The van der Waals surface area contributed by atoms with E-state index in [1.807, 2.05) is 42.5 Å². The second-order valence-electron chi connectivity index (χ2n) is 7.18. The number of carbonyl (C=O) groups is 1. The van der Waals surface area contributed by atoms with E-state index in [1.165, 1.54) is 5.56 Å². The first kappa shape index (κ1) is 20.4. The number of H-pyrrole nitrogens is 1. The molecule has 0 aliphatic heterocycles. The molecule has 3 N–H and O–H groups in total. The van der Waals surface area contributed by atoms with Crippen molar-refractivity contribution in [2.75, 3.05) is 23.8 Å². The Bertz CT molecular complexity index is 1160. The topological polar surface area (TPSA) is 91.9 Å². The number of hydrogen-bond donors (Lipinski definition) is 3. The molecule has 0 aliphatic carbocycles. The van der Waals surface area contributed by atoms with E-state index < -0.39 is 0 Å². The van der Waals surface area contributed by atoms with E-state index in [2.05, 4.69) is 50.7 Å². The van der Waals surface area contributed by atoms with Crippen LogP contribution in [-0.4, -0.2) is 34.1 Å². The minimum atomic E-state index is -0.273. The Kier molecular flexibility index (Phi) is 6.12. The molecule has 0 saturated carbocycles. The van der Waals surface area contributed by atoms with Gasteiger partial charge in [-0.2, -0.15) is 0 Å². The maximum atomic E-state index is 11.5. The van der Waals surface area contributed by atoms with E-state index in [1.54, 1.807) is 13.3 Å². The summed E-state index contributed by atoms with van der Waals surface area (Å²) in [6.07, 6.45) is 1.56. The minimum absolute atomic E-state index is 0.113. The van der Waals surface area contributed by atoms with Gasteiger partial charge in [0.2, 0.25) is 0 Å². The van der Waals surface area contributed by atoms with E-state index in [0.717, 1.165) is 33.8 Å². The Hall–Kier alpha value is -3.87. The lowest BCUT2D eigenvalue weighted by molar-refractivity contribution is -0.140. The first-order valence-electron chi connectivity index (χ1n) is 10.3. The number of nitrogens with one attached hydrogen (secondary N) is 3. The fourth-order valence-corrected chi connectivity index (χ4v) is 3.39. The van der Waals surface area contributed by atoms with Crippen molar-refractivity contribution in [2.24, 2.45) is 0 Å². The van der Waals surface area contributed by atoms with Gasteiger partial charge in [-0.15, -0.1) is 0 Å². The van der Waals surface area contributed by atoms with Gasteiger partial charge in [0.05, 0.1) is 12.0 Å². The fourth-order valence-electron chi connectivity index (χ4n) is 3.39. The number of hydrogen-bond acceptors (Lipinski definition) is 6. The van der Waals surface area contributed by atoms with Gasteiger partial charge in [-0.25, -0.2) is 9.97 Å². The van der Waals surface area contributed by atoms with Crippen molar-refractivity contribution in [3.63, 3.8) is 0 Å². The molecular formula is C24H25N5O2. The molecule has 31 heavy (non-hydrogen) atoms. The van der Waals surface area contributed by atoms with Crippen LogP contribution >= 0.6 is 0 Å². The summed E-state index contributed by atoms with van der Waals surface area (Å²) < 4.78 is 4.93. The molecule has 2 heterocycles. The second kappa shape index (κ2) is 9.30. The average Bonchev–Trinajstić information content (AvgIpc) is 3.24. The number of nitrogens with zero attached hydrogens (tertiary/aromatic N) is 2. The van der Waals surface area contributed by atoms with Crippen LogP contribution in [0.5, 0.6) is 0 Å². The van der Waals surface area contributed by atoms with Crippen LogP contribution < -0.4 is 10.6 Å². The molecule has 2 aromatic carbocycles. The zero-order valence-corrected chi connectivity index (χ0v) is 17.6. The summed E-state index contributed by atoms with van der Waals surface area (Å²) in [7, 11) is 0. The third kappa shape index (κ3) is 4.83. The summed E-state index contributed by atoms with van der Waals surface area (Å²) in [5.41, 5.74) is 4.78. The molecule has 0 bridgehead atoms. The van der Waals surface area contributed by atoms with Crippen LogP contribution in [0.15, 0.2) is 67.0 Å². The Morgan fingerprint density at radius 1 is 1.10 bits per heavy atom. The van der Waals surface area contributed by atoms with Crippen molar-refractivity contribution < 1.29 is 9.53 Å². The summed E-state index contributed by atoms with van der Waals surface area (Å²) in [6, 6.07) is 20.3. The zero-order chi connectivity index (χ0) is 21.6. The number of carbonyl (C=O) groups excluding carboxylic acids is 1. The summed E-state index contributed by atoms with van der Waals surface area (Å²) in [4.78, 5) is 23.7. The van der Waals surface area contributed by atoms with Crippen LogP contribution in [0.3, 0.4) is 0 Å². The van der Waals surface area contributed by atoms with Crippen molar-refractivity contribution in [3.05, 3.63) is 72.6 Å². The lowest BCUT2D eigenvalue weighted by Crippen LogP contribution is -2.16. The molecule has 4 aromatic rings. The highest BCUT2D eigenvalue weighted by atomic mass is 16.5. The molecule has 0 radical (unpaired) electrons. The fraction of sp³-hybridized carbons (Fsp3) is 0.208. The van der Waals surface area contributed by atoms with Crippen LogP contribution in [0.2, 0.25) is 0 Å². The average molecular weight is 415 g/mol. The molecule has 0 spiro atoms. The second-order valence-corrected chi connectivity index (χ2v) is 7.18. The first-order chi connectivity index (χ1) is 15.1. The largest absolute Gasteiger partial charge is 0.465 e. The van der Waals surface area contributed by atoms with Crippen LogP contribution in [-0.2, 0) is 9.53 Å². The number of rotatable bonds is 8. The van der Waals surface area contributed by atoms with E-state index in [0.29, 0.717) is 6.61 Å². The van der Waals surface area contributed by atoms with Gasteiger partial charge in [-0.1, -0.05) is 42.5 Å². The van der Waals surface area contributed by atoms with Crippen LogP contribution in [0.25, 0.3) is 22.3 Å².